The third-order valence-corrected chi connectivity index (χ3v) is 2.70. The molecule has 0 saturated heterocycles. The molecule has 0 spiro atoms. The van der Waals surface area contributed by atoms with Gasteiger partial charge in [-0.3, -0.25) is 10.7 Å². The number of nitrogens with two attached hydrogens (primary N) is 1. The summed E-state index contributed by atoms with van der Waals surface area (Å²) in [5.74, 6) is 0. The Labute approximate surface area is 85.4 Å². The molecule has 14 heavy (non-hydrogen) atoms. The number of allylic oxidation sites excluding steroid dienone is 1. The van der Waals surface area contributed by atoms with Crippen molar-refractivity contribution in [3.05, 3.63) is 28.0 Å². The van der Waals surface area contributed by atoms with Gasteiger partial charge in [-0.2, -0.15) is 5.26 Å². The van der Waals surface area contributed by atoms with Crippen molar-refractivity contribution in [2.75, 3.05) is 0 Å². The van der Waals surface area contributed by atoms with Crippen molar-refractivity contribution in [3.8, 4) is 6.07 Å². The molecule has 0 fully saturated rings. The zero-order valence-corrected chi connectivity index (χ0v) is 8.08. The highest BCUT2D eigenvalue weighted by molar-refractivity contribution is 7.11. The second-order valence-corrected chi connectivity index (χ2v) is 3.69. The Kier molecular flexibility index (Phi) is 2.31. The Morgan fingerprint density at radius 3 is 3.14 bits per heavy atom. The molecule has 2 rings (SSSR count). The van der Waals surface area contributed by atoms with E-state index in [1.54, 1.807) is 11.3 Å². The molecule has 0 radical (unpaired) electrons. The quantitative estimate of drug-likeness (QED) is 0.713. The lowest BCUT2D eigenvalue weighted by Gasteiger charge is -2.17. The van der Waals surface area contributed by atoms with Crippen molar-refractivity contribution in [3.63, 3.8) is 0 Å². The van der Waals surface area contributed by atoms with Gasteiger partial charge in [-0.25, -0.2) is 0 Å². The van der Waals surface area contributed by atoms with Gasteiger partial charge in [-0.05, 0) is 11.4 Å². The van der Waals surface area contributed by atoms with E-state index in [-0.39, 0.29) is 0 Å². The standard InChI is InChI=1S/C9H8N4S/c10-4-6-5-12-9(11)13-8(6)7-2-1-3-14-7/h1-3,5,9,13H,11H2. The predicted molar refractivity (Wildman–Crippen MR) is 56.5 cm³/mol. The van der Waals surface area contributed by atoms with E-state index in [1.165, 1.54) is 6.21 Å². The average molecular weight is 204 g/mol. The van der Waals surface area contributed by atoms with Crippen LogP contribution in [0, 0.1) is 11.3 Å². The highest BCUT2D eigenvalue weighted by Gasteiger charge is 2.15. The third kappa shape index (κ3) is 1.53. The minimum atomic E-state index is -0.454. The van der Waals surface area contributed by atoms with Crippen molar-refractivity contribution in [1.29, 1.82) is 5.26 Å². The second kappa shape index (κ2) is 3.62. The van der Waals surface area contributed by atoms with Crippen LogP contribution in [0.4, 0.5) is 0 Å². The summed E-state index contributed by atoms with van der Waals surface area (Å²) in [4.78, 5) is 4.91. The zero-order valence-electron chi connectivity index (χ0n) is 7.27. The second-order valence-electron chi connectivity index (χ2n) is 2.75. The molecule has 1 aromatic heterocycles. The maximum atomic E-state index is 8.87. The summed E-state index contributed by atoms with van der Waals surface area (Å²) >= 11 is 1.56. The molecule has 0 aliphatic carbocycles. The van der Waals surface area contributed by atoms with Crippen LogP contribution in [-0.2, 0) is 0 Å². The van der Waals surface area contributed by atoms with Gasteiger partial charge in [0.1, 0.15) is 6.07 Å². The van der Waals surface area contributed by atoms with Gasteiger partial charge in [0.2, 0.25) is 0 Å². The largest absolute Gasteiger partial charge is 0.349 e. The highest BCUT2D eigenvalue weighted by atomic mass is 32.1. The Morgan fingerprint density at radius 2 is 2.50 bits per heavy atom. The number of nitrogens with one attached hydrogen (secondary N) is 1. The molecule has 1 aromatic rings. The Balaban J connectivity index is 2.45. The van der Waals surface area contributed by atoms with Gasteiger partial charge in [0.15, 0.2) is 6.29 Å². The lowest BCUT2D eigenvalue weighted by molar-refractivity contribution is 0.651. The number of aliphatic imine (C=N–C) groups is 1. The molecule has 1 aliphatic rings. The van der Waals surface area contributed by atoms with Crippen LogP contribution in [0.3, 0.4) is 0 Å². The van der Waals surface area contributed by atoms with Crippen LogP contribution in [0.15, 0.2) is 28.1 Å². The van der Waals surface area contributed by atoms with Crippen LogP contribution in [0.5, 0.6) is 0 Å². The third-order valence-electron chi connectivity index (χ3n) is 1.81. The minimum absolute atomic E-state index is 0.454. The van der Waals surface area contributed by atoms with Gasteiger partial charge in [0.25, 0.3) is 0 Å². The molecular formula is C9H8N4S. The van der Waals surface area contributed by atoms with Crippen molar-refractivity contribution >= 4 is 23.2 Å². The molecule has 70 valence electrons. The van der Waals surface area contributed by atoms with E-state index in [1.807, 2.05) is 17.5 Å². The molecule has 0 saturated carbocycles. The minimum Gasteiger partial charge on any atom is -0.349 e. The van der Waals surface area contributed by atoms with Crippen LogP contribution in [-0.4, -0.2) is 12.5 Å². The zero-order chi connectivity index (χ0) is 9.97. The molecule has 1 atom stereocenters. The van der Waals surface area contributed by atoms with E-state index < -0.39 is 6.29 Å². The Hall–Kier alpha value is -1.64. The van der Waals surface area contributed by atoms with Gasteiger partial charge in [0.05, 0.1) is 16.1 Å². The maximum absolute atomic E-state index is 8.87. The van der Waals surface area contributed by atoms with E-state index >= 15 is 0 Å². The summed E-state index contributed by atoms with van der Waals surface area (Å²) in [5.41, 5.74) is 6.89. The fourth-order valence-corrected chi connectivity index (χ4v) is 1.94. The van der Waals surface area contributed by atoms with Gasteiger partial charge >= 0.3 is 0 Å². The van der Waals surface area contributed by atoms with Gasteiger partial charge < -0.3 is 5.32 Å². The monoisotopic (exact) mass is 204 g/mol. The summed E-state index contributed by atoms with van der Waals surface area (Å²) in [6, 6.07) is 5.95. The summed E-state index contributed by atoms with van der Waals surface area (Å²) in [5, 5.41) is 13.8. The molecule has 4 nitrogen and oxygen atoms in total. The maximum Gasteiger partial charge on any atom is 0.171 e. The van der Waals surface area contributed by atoms with Crippen molar-refractivity contribution in [2.45, 2.75) is 6.29 Å². The average Bonchev–Trinajstić information content (AvgIpc) is 2.70. The van der Waals surface area contributed by atoms with Crippen LogP contribution in [0.1, 0.15) is 4.88 Å². The first-order valence-corrected chi connectivity index (χ1v) is 4.93. The van der Waals surface area contributed by atoms with Gasteiger partial charge in [-0.1, -0.05) is 6.07 Å². The molecule has 0 amide bonds. The summed E-state index contributed by atoms with van der Waals surface area (Å²) < 4.78 is 0. The van der Waals surface area contributed by atoms with E-state index in [0.717, 1.165) is 10.6 Å². The fraction of sp³-hybridized carbons (Fsp3) is 0.111. The molecule has 3 N–H and O–H groups in total. The van der Waals surface area contributed by atoms with E-state index in [2.05, 4.69) is 16.4 Å². The number of hydrogen-bond donors (Lipinski definition) is 2. The summed E-state index contributed by atoms with van der Waals surface area (Å²) in [6.07, 6.45) is 1.06. The van der Waals surface area contributed by atoms with Crippen molar-refractivity contribution in [2.24, 2.45) is 10.7 Å². The van der Waals surface area contributed by atoms with Crippen molar-refractivity contribution < 1.29 is 0 Å². The molecule has 0 aromatic carbocycles. The summed E-state index contributed by atoms with van der Waals surface area (Å²) in [6.45, 7) is 0. The first-order valence-electron chi connectivity index (χ1n) is 4.05. The normalized spacial score (nSPS) is 20.4. The molecule has 5 heteroatoms. The lowest BCUT2D eigenvalue weighted by atomic mass is 10.2. The van der Waals surface area contributed by atoms with Crippen LogP contribution in [0.25, 0.3) is 5.70 Å². The fourth-order valence-electron chi connectivity index (χ4n) is 1.19. The number of rotatable bonds is 1. The SMILES string of the molecule is N#CC1=C(c2cccs2)NC(N)N=C1. The lowest BCUT2D eigenvalue weighted by Crippen LogP contribution is -2.37. The molecule has 1 aliphatic heterocycles. The Bertz CT molecular complexity index is 424. The van der Waals surface area contributed by atoms with E-state index in [9.17, 15) is 0 Å². The van der Waals surface area contributed by atoms with Crippen LogP contribution < -0.4 is 11.1 Å². The highest BCUT2D eigenvalue weighted by Crippen LogP contribution is 2.22. The number of nitriles is 1. The van der Waals surface area contributed by atoms with Crippen LogP contribution >= 0.6 is 11.3 Å². The molecule has 0 bridgehead atoms. The number of hydrogen-bond acceptors (Lipinski definition) is 5. The Morgan fingerprint density at radius 1 is 1.64 bits per heavy atom. The van der Waals surface area contributed by atoms with E-state index in [0.29, 0.717) is 5.57 Å². The van der Waals surface area contributed by atoms with Gasteiger partial charge in [0, 0.05) is 6.21 Å². The number of nitrogens with zero attached hydrogens (tertiary/aromatic N) is 2. The predicted octanol–water partition coefficient (Wildman–Crippen LogP) is 0.899. The molecule has 1 unspecified atom stereocenters. The van der Waals surface area contributed by atoms with Gasteiger partial charge in [-0.15, -0.1) is 11.3 Å². The van der Waals surface area contributed by atoms with Crippen LogP contribution in [0.2, 0.25) is 0 Å². The topological polar surface area (TPSA) is 74.2 Å². The summed E-state index contributed by atoms with van der Waals surface area (Å²) in [7, 11) is 0. The van der Waals surface area contributed by atoms with E-state index in [4.69, 9.17) is 11.0 Å². The smallest absolute Gasteiger partial charge is 0.171 e. The van der Waals surface area contributed by atoms with Crippen molar-refractivity contribution in [1.82, 2.24) is 5.32 Å². The first kappa shape index (κ1) is 8.94. The first-order chi connectivity index (χ1) is 6.81. The molecular weight excluding hydrogens is 196 g/mol. The molecule has 2 heterocycles. The number of thiophene rings is 1.